The van der Waals surface area contributed by atoms with Gasteiger partial charge in [-0.1, -0.05) is 11.6 Å². The lowest BCUT2D eigenvalue weighted by Gasteiger charge is -2.15. The van der Waals surface area contributed by atoms with Gasteiger partial charge in [-0.05, 0) is 56.9 Å². The van der Waals surface area contributed by atoms with Crippen molar-refractivity contribution in [2.24, 2.45) is 7.05 Å². The minimum Gasteiger partial charge on any atom is -0.506 e. The molecule has 2 amide bonds. The van der Waals surface area contributed by atoms with Gasteiger partial charge in [0.25, 0.3) is 0 Å². The molecular weight excluding hydrogens is 418 g/mol. The SMILES string of the molecule is CN(C)CCCOc1ccc(NC(=O)Nc2ccc(Cl)c(O)c2)cc1-c1ccnn1C. The monoisotopic (exact) mass is 443 g/mol. The van der Waals surface area contributed by atoms with Crippen molar-refractivity contribution in [2.75, 3.05) is 37.9 Å². The number of nitrogens with zero attached hydrogens (tertiary/aromatic N) is 3. The van der Waals surface area contributed by atoms with Crippen LogP contribution in [0.2, 0.25) is 5.02 Å². The molecule has 0 unspecified atom stereocenters. The maximum atomic E-state index is 12.4. The van der Waals surface area contributed by atoms with Gasteiger partial charge in [0, 0.05) is 42.8 Å². The van der Waals surface area contributed by atoms with E-state index in [2.05, 4.69) is 20.6 Å². The van der Waals surface area contributed by atoms with Gasteiger partial charge in [0.15, 0.2) is 0 Å². The van der Waals surface area contributed by atoms with Gasteiger partial charge in [0.2, 0.25) is 0 Å². The van der Waals surface area contributed by atoms with Crippen molar-refractivity contribution in [3.05, 3.63) is 53.7 Å². The van der Waals surface area contributed by atoms with Crippen LogP contribution in [0.25, 0.3) is 11.3 Å². The minimum absolute atomic E-state index is 0.103. The number of carbonyl (C=O) groups is 1. The van der Waals surface area contributed by atoms with Gasteiger partial charge in [-0.2, -0.15) is 5.10 Å². The quantitative estimate of drug-likeness (QED) is 0.448. The number of benzene rings is 2. The summed E-state index contributed by atoms with van der Waals surface area (Å²) >= 11 is 5.80. The molecule has 0 aliphatic rings. The van der Waals surface area contributed by atoms with E-state index < -0.39 is 6.03 Å². The van der Waals surface area contributed by atoms with Gasteiger partial charge in [-0.15, -0.1) is 0 Å². The average molecular weight is 444 g/mol. The van der Waals surface area contributed by atoms with E-state index in [-0.39, 0.29) is 10.8 Å². The highest BCUT2D eigenvalue weighted by atomic mass is 35.5. The molecule has 0 radical (unpaired) electrons. The molecule has 0 fully saturated rings. The molecule has 3 N–H and O–H groups in total. The van der Waals surface area contributed by atoms with Crippen molar-refractivity contribution in [3.63, 3.8) is 0 Å². The number of aromatic hydroxyl groups is 1. The van der Waals surface area contributed by atoms with Crippen molar-refractivity contribution in [2.45, 2.75) is 6.42 Å². The molecule has 0 aliphatic carbocycles. The Morgan fingerprint density at radius 1 is 1.16 bits per heavy atom. The second-order valence-electron chi connectivity index (χ2n) is 7.30. The lowest BCUT2D eigenvalue weighted by atomic mass is 10.1. The van der Waals surface area contributed by atoms with Gasteiger partial charge >= 0.3 is 6.03 Å². The first kappa shape index (κ1) is 22.5. The van der Waals surface area contributed by atoms with Gasteiger partial charge in [0.05, 0.1) is 17.3 Å². The number of aromatic nitrogens is 2. The Labute approximate surface area is 186 Å². The van der Waals surface area contributed by atoms with Crippen LogP contribution in [0, 0.1) is 0 Å². The van der Waals surface area contributed by atoms with Gasteiger partial charge in [-0.25, -0.2) is 4.79 Å². The maximum absolute atomic E-state index is 12.4. The number of anilines is 2. The summed E-state index contributed by atoms with van der Waals surface area (Å²) in [5.74, 6) is 0.615. The van der Waals surface area contributed by atoms with Crippen LogP contribution < -0.4 is 15.4 Å². The highest BCUT2D eigenvalue weighted by Gasteiger charge is 2.13. The topological polar surface area (TPSA) is 91.7 Å². The highest BCUT2D eigenvalue weighted by Crippen LogP contribution is 2.33. The number of aryl methyl sites for hydroxylation is 1. The average Bonchev–Trinajstić information content (AvgIpc) is 3.14. The third-order valence-corrected chi connectivity index (χ3v) is 4.87. The molecule has 0 spiro atoms. The van der Waals surface area contributed by atoms with Crippen LogP contribution in [0.1, 0.15) is 6.42 Å². The summed E-state index contributed by atoms with van der Waals surface area (Å²) in [6.07, 6.45) is 2.61. The number of hydrogen-bond acceptors (Lipinski definition) is 5. The molecule has 0 atom stereocenters. The Balaban J connectivity index is 1.75. The molecule has 31 heavy (non-hydrogen) atoms. The van der Waals surface area contributed by atoms with Crippen molar-refractivity contribution >= 4 is 29.0 Å². The second-order valence-corrected chi connectivity index (χ2v) is 7.71. The predicted octanol–water partition coefficient (Wildman–Crippen LogP) is 4.42. The lowest BCUT2D eigenvalue weighted by Crippen LogP contribution is -2.19. The van der Waals surface area contributed by atoms with E-state index in [1.807, 2.05) is 39.3 Å². The summed E-state index contributed by atoms with van der Waals surface area (Å²) in [4.78, 5) is 14.5. The van der Waals surface area contributed by atoms with Crippen LogP contribution >= 0.6 is 11.6 Å². The molecule has 164 valence electrons. The summed E-state index contributed by atoms with van der Waals surface area (Å²) in [5.41, 5.74) is 2.71. The highest BCUT2D eigenvalue weighted by molar-refractivity contribution is 6.32. The summed E-state index contributed by atoms with van der Waals surface area (Å²) in [5, 5.41) is 19.6. The zero-order valence-corrected chi connectivity index (χ0v) is 18.5. The van der Waals surface area contributed by atoms with E-state index >= 15 is 0 Å². The Kier molecular flexibility index (Phi) is 7.38. The molecule has 2 aromatic carbocycles. The van der Waals surface area contributed by atoms with E-state index in [0.29, 0.717) is 18.0 Å². The number of amides is 2. The fourth-order valence-electron chi connectivity index (χ4n) is 3.02. The number of ether oxygens (including phenoxy) is 1. The van der Waals surface area contributed by atoms with Crippen molar-refractivity contribution < 1.29 is 14.6 Å². The number of nitrogens with one attached hydrogen (secondary N) is 2. The summed E-state index contributed by atoms with van der Waals surface area (Å²) < 4.78 is 7.76. The van der Waals surface area contributed by atoms with Crippen molar-refractivity contribution in [1.82, 2.24) is 14.7 Å². The third-order valence-electron chi connectivity index (χ3n) is 4.55. The standard InChI is InChI=1S/C22H26ClN5O3/c1-27(2)11-4-12-31-21-8-6-15(13-17(21)19-9-10-24-28(19)3)25-22(30)26-16-5-7-18(23)20(29)14-16/h5-10,13-14,29H,4,11-12H2,1-3H3,(H2,25,26,30). The first-order valence-electron chi connectivity index (χ1n) is 9.80. The van der Waals surface area contributed by atoms with E-state index in [4.69, 9.17) is 16.3 Å². The van der Waals surface area contributed by atoms with Gasteiger partial charge in [-0.3, -0.25) is 4.68 Å². The van der Waals surface area contributed by atoms with Crippen molar-refractivity contribution in [3.8, 4) is 22.8 Å². The maximum Gasteiger partial charge on any atom is 0.323 e. The number of urea groups is 1. The number of carbonyl (C=O) groups excluding carboxylic acids is 1. The Hall–Kier alpha value is -3.23. The van der Waals surface area contributed by atoms with Crippen LogP contribution in [0.3, 0.4) is 0 Å². The molecule has 9 heteroatoms. The summed E-state index contributed by atoms with van der Waals surface area (Å²) in [7, 11) is 5.90. The fourth-order valence-corrected chi connectivity index (χ4v) is 3.14. The molecule has 3 rings (SSSR count). The summed E-state index contributed by atoms with van der Waals surface area (Å²) in [6, 6.07) is 11.4. The Morgan fingerprint density at radius 3 is 2.52 bits per heavy atom. The fraction of sp³-hybridized carbons (Fsp3) is 0.273. The second kappa shape index (κ2) is 10.2. The number of phenols is 1. The molecule has 0 saturated heterocycles. The molecule has 8 nitrogen and oxygen atoms in total. The van der Waals surface area contributed by atoms with E-state index in [0.717, 1.165) is 30.0 Å². The normalized spacial score (nSPS) is 10.9. The lowest BCUT2D eigenvalue weighted by molar-refractivity contribution is 0.262. The van der Waals surface area contributed by atoms with Crippen LogP contribution in [-0.2, 0) is 7.05 Å². The third kappa shape index (κ3) is 6.13. The van der Waals surface area contributed by atoms with E-state index in [1.165, 1.54) is 12.1 Å². The van der Waals surface area contributed by atoms with Crippen LogP contribution in [-0.4, -0.2) is 53.1 Å². The van der Waals surface area contributed by atoms with Crippen LogP contribution in [0.5, 0.6) is 11.5 Å². The number of rotatable bonds is 8. The summed E-state index contributed by atoms with van der Waals surface area (Å²) in [6.45, 7) is 1.51. The zero-order valence-electron chi connectivity index (χ0n) is 17.7. The first-order valence-corrected chi connectivity index (χ1v) is 10.2. The molecule has 0 bridgehead atoms. The first-order chi connectivity index (χ1) is 14.8. The molecule has 1 aromatic heterocycles. The Bertz CT molecular complexity index is 1050. The molecule has 1 heterocycles. The number of phenolic OH excluding ortho intramolecular Hbond substituents is 1. The van der Waals surface area contributed by atoms with E-state index in [1.54, 1.807) is 23.0 Å². The number of hydrogen-bond donors (Lipinski definition) is 3. The van der Waals surface area contributed by atoms with Crippen molar-refractivity contribution in [1.29, 1.82) is 0 Å². The Morgan fingerprint density at radius 2 is 1.87 bits per heavy atom. The van der Waals surface area contributed by atoms with Crippen LogP contribution in [0.15, 0.2) is 48.7 Å². The zero-order chi connectivity index (χ0) is 22.4. The molecule has 0 aliphatic heterocycles. The molecule has 0 saturated carbocycles. The van der Waals surface area contributed by atoms with Gasteiger partial charge in [0.1, 0.15) is 11.5 Å². The van der Waals surface area contributed by atoms with Crippen LogP contribution in [0.4, 0.5) is 16.2 Å². The largest absolute Gasteiger partial charge is 0.506 e. The van der Waals surface area contributed by atoms with Gasteiger partial charge < -0.3 is 25.4 Å². The minimum atomic E-state index is -0.447. The van der Waals surface area contributed by atoms with E-state index in [9.17, 15) is 9.90 Å². The molecular formula is C22H26ClN5O3. The smallest absolute Gasteiger partial charge is 0.323 e. The number of halogens is 1. The predicted molar refractivity (Wildman–Crippen MR) is 123 cm³/mol. The molecule has 3 aromatic rings.